The molecular weight excluding hydrogens is 300 g/mol. The molecule has 1 aliphatic heterocycles. The van der Waals surface area contributed by atoms with Gasteiger partial charge in [0.1, 0.15) is 5.69 Å². The van der Waals surface area contributed by atoms with Crippen LogP contribution in [0.4, 0.5) is 11.6 Å². The average molecular weight is 318 g/mol. The number of aromatic nitrogens is 4. The number of nitro groups is 1. The van der Waals surface area contributed by atoms with Crippen LogP contribution < -0.4 is 4.90 Å². The van der Waals surface area contributed by atoms with Crippen LogP contribution in [0.1, 0.15) is 17.1 Å². The van der Waals surface area contributed by atoms with Crippen molar-refractivity contribution in [1.82, 2.24) is 19.7 Å². The maximum Gasteiger partial charge on any atom is 0.334 e. The molecule has 0 aliphatic carbocycles. The number of anilines is 1. The quantitative estimate of drug-likeness (QED) is 0.621. The predicted octanol–water partition coefficient (Wildman–Crippen LogP) is 1.33. The van der Waals surface area contributed by atoms with Crippen LogP contribution in [0.25, 0.3) is 5.82 Å². The lowest BCUT2D eigenvalue weighted by Gasteiger charge is -2.27. The number of aryl methyl sites for hydroxylation is 3. The van der Waals surface area contributed by atoms with Gasteiger partial charge in [0.25, 0.3) is 0 Å². The smallest absolute Gasteiger partial charge is 0.334 e. The minimum Gasteiger partial charge on any atom is -0.378 e. The summed E-state index contributed by atoms with van der Waals surface area (Å²) in [6.07, 6.45) is 0. The first kappa shape index (κ1) is 15.3. The molecule has 0 unspecified atom stereocenters. The lowest BCUT2D eigenvalue weighted by atomic mass is 10.3. The number of hydrogen-bond acceptors (Lipinski definition) is 7. The summed E-state index contributed by atoms with van der Waals surface area (Å²) >= 11 is 0. The molecule has 2 aromatic heterocycles. The summed E-state index contributed by atoms with van der Waals surface area (Å²) in [5.74, 6) is 0.675. The van der Waals surface area contributed by atoms with Crippen LogP contribution >= 0.6 is 0 Å². The topological polar surface area (TPSA) is 99.2 Å². The van der Waals surface area contributed by atoms with E-state index in [2.05, 4.69) is 15.1 Å². The Morgan fingerprint density at radius 2 is 1.91 bits per heavy atom. The highest BCUT2D eigenvalue weighted by Crippen LogP contribution is 2.27. The van der Waals surface area contributed by atoms with Gasteiger partial charge in [-0.2, -0.15) is 10.1 Å². The maximum atomic E-state index is 11.5. The first-order chi connectivity index (χ1) is 11.0. The molecule has 0 radical (unpaired) electrons. The Bertz CT molecular complexity index is 751. The van der Waals surface area contributed by atoms with Gasteiger partial charge in [-0.15, -0.1) is 0 Å². The highest BCUT2D eigenvalue weighted by Gasteiger charge is 2.27. The second-order valence-corrected chi connectivity index (χ2v) is 5.48. The molecule has 122 valence electrons. The van der Waals surface area contributed by atoms with Crippen molar-refractivity contribution in [1.29, 1.82) is 0 Å². The van der Waals surface area contributed by atoms with E-state index in [1.165, 1.54) is 4.68 Å². The van der Waals surface area contributed by atoms with Gasteiger partial charge in [0.2, 0.25) is 11.8 Å². The van der Waals surface area contributed by atoms with Gasteiger partial charge in [-0.1, -0.05) is 0 Å². The number of ether oxygens (including phenoxy) is 1. The Labute approximate surface area is 133 Å². The summed E-state index contributed by atoms with van der Waals surface area (Å²) in [4.78, 5) is 21.7. The Kier molecular flexibility index (Phi) is 3.95. The molecule has 0 bridgehead atoms. The van der Waals surface area contributed by atoms with E-state index in [1.54, 1.807) is 6.92 Å². The van der Waals surface area contributed by atoms with Gasteiger partial charge in [0, 0.05) is 18.8 Å². The van der Waals surface area contributed by atoms with Gasteiger partial charge in [0.05, 0.1) is 23.8 Å². The summed E-state index contributed by atoms with van der Waals surface area (Å²) in [6, 6.07) is 1.86. The van der Waals surface area contributed by atoms with E-state index in [0.29, 0.717) is 37.9 Å². The second kappa shape index (κ2) is 5.92. The van der Waals surface area contributed by atoms with E-state index in [-0.39, 0.29) is 11.5 Å². The molecule has 0 saturated carbocycles. The molecule has 9 nitrogen and oxygen atoms in total. The molecule has 3 rings (SSSR count). The summed E-state index contributed by atoms with van der Waals surface area (Å²) < 4.78 is 6.83. The van der Waals surface area contributed by atoms with Gasteiger partial charge in [0.15, 0.2) is 0 Å². The minimum atomic E-state index is -0.454. The van der Waals surface area contributed by atoms with Gasteiger partial charge in [-0.3, -0.25) is 10.1 Å². The van der Waals surface area contributed by atoms with E-state index in [0.717, 1.165) is 11.4 Å². The molecular formula is C14H18N6O3. The Balaban J connectivity index is 2.16. The van der Waals surface area contributed by atoms with Gasteiger partial charge >= 0.3 is 5.69 Å². The molecule has 3 heterocycles. The van der Waals surface area contributed by atoms with Gasteiger partial charge in [-0.25, -0.2) is 9.67 Å². The Morgan fingerprint density at radius 3 is 2.48 bits per heavy atom. The normalized spacial score (nSPS) is 15.0. The third-order valence-electron chi connectivity index (χ3n) is 3.71. The fraction of sp³-hybridized carbons (Fsp3) is 0.500. The largest absolute Gasteiger partial charge is 0.378 e. The van der Waals surface area contributed by atoms with Crippen LogP contribution in [0.5, 0.6) is 0 Å². The van der Waals surface area contributed by atoms with Crippen molar-refractivity contribution in [2.45, 2.75) is 20.8 Å². The maximum absolute atomic E-state index is 11.5. The third kappa shape index (κ3) is 2.87. The Morgan fingerprint density at radius 1 is 1.22 bits per heavy atom. The predicted molar refractivity (Wildman–Crippen MR) is 83.1 cm³/mol. The Hall–Kier alpha value is -2.55. The van der Waals surface area contributed by atoms with E-state index < -0.39 is 4.92 Å². The third-order valence-corrected chi connectivity index (χ3v) is 3.71. The number of nitrogens with zero attached hydrogens (tertiary/aromatic N) is 6. The molecule has 1 saturated heterocycles. The van der Waals surface area contributed by atoms with Crippen LogP contribution in [0.15, 0.2) is 6.07 Å². The first-order valence-corrected chi connectivity index (χ1v) is 7.36. The van der Waals surface area contributed by atoms with Crippen molar-refractivity contribution in [2.24, 2.45) is 0 Å². The molecule has 1 aliphatic rings. The number of morpholine rings is 1. The first-order valence-electron chi connectivity index (χ1n) is 7.36. The highest BCUT2D eigenvalue weighted by molar-refractivity contribution is 5.54. The zero-order valence-electron chi connectivity index (χ0n) is 13.3. The number of hydrogen-bond donors (Lipinski definition) is 0. The molecule has 1 fully saturated rings. The SMILES string of the molecule is Cc1cc(C)n(-c2nc(N3CCOCC3)nc(C)c2[N+](=O)[O-])n1. The fourth-order valence-corrected chi connectivity index (χ4v) is 2.65. The van der Waals surface area contributed by atoms with Crippen LogP contribution in [0.2, 0.25) is 0 Å². The fourth-order valence-electron chi connectivity index (χ4n) is 2.65. The summed E-state index contributed by atoms with van der Waals surface area (Å²) in [6.45, 7) is 7.81. The van der Waals surface area contributed by atoms with Crippen molar-refractivity contribution in [3.8, 4) is 5.82 Å². The minimum absolute atomic E-state index is 0.117. The molecule has 23 heavy (non-hydrogen) atoms. The lowest BCUT2D eigenvalue weighted by Crippen LogP contribution is -2.37. The molecule has 0 spiro atoms. The van der Waals surface area contributed by atoms with Gasteiger partial charge in [-0.05, 0) is 26.8 Å². The van der Waals surface area contributed by atoms with E-state index in [1.807, 2.05) is 24.8 Å². The molecule has 9 heteroatoms. The monoisotopic (exact) mass is 318 g/mol. The van der Waals surface area contributed by atoms with E-state index in [9.17, 15) is 10.1 Å². The van der Waals surface area contributed by atoms with Crippen molar-refractivity contribution < 1.29 is 9.66 Å². The van der Waals surface area contributed by atoms with E-state index >= 15 is 0 Å². The summed E-state index contributed by atoms with van der Waals surface area (Å²) in [7, 11) is 0. The van der Waals surface area contributed by atoms with Crippen LogP contribution in [0, 0.1) is 30.9 Å². The molecule has 2 aromatic rings. The van der Waals surface area contributed by atoms with Crippen LogP contribution in [0.3, 0.4) is 0 Å². The molecule has 0 amide bonds. The molecule has 0 N–H and O–H groups in total. The van der Waals surface area contributed by atoms with Crippen molar-refractivity contribution in [3.63, 3.8) is 0 Å². The van der Waals surface area contributed by atoms with Gasteiger partial charge < -0.3 is 9.64 Å². The van der Waals surface area contributed by atoms with Crippen molar-refractivity contribution >= 4 is 11.6 Å². The van der Waals surface area contributed by atoms with Crippen LogP contribution in [-0.2, 0) is 4.74 Å². The zero-order valence-corrected chi connectivity index (χ0v) is 13.3. The summed E-state index contributed by atoms with van der Waals surface area (Å²) in [5.41, 5.74) is 1.78. The number of rotatable bonds is 3. The second-order valence-electron chi connectivity index (χ2n) is 5.48. The summed E-state index contributed by atoms with van der Waals surface area (Å²) in [5, 5.41) is 15.8. The molecule has 0 aromatic carbocycles. The average Bonchev–Trinajstić information content (AvgIpc) is 2.85. The zero-order chi connectivity index (χ0) is 16.6. The highest BCUT2D eigenvalue weighted by atomic mass is 16.6. The van der Waals surface area contributed by atoms with Crippen molar-refractivity contribution in [3.05, 3.63) is 33.3 Å². The standard InChI is InChI=1S/C14H18N6O3/c1-9-8-10(2)19(17-9)13-12(20(21)22)11(3)15-14(16-13)18-4-6-23-7-5-18/h8H,4-7H2,1-3H3. The van der Waals surface area contributed by atoms with Crippen molar-refractivity contribution in [2.75, 3.05) is 31.2 Å². The molecule has 0 atom stereocenters. The lowest BCUT2D eigenvalue weighted by molar-refractivity contribution is -0.385. The van der Waals surface area contributed by atoms with E-state index in [4.69, 9.17) is 4.74 Å². The van der Waals surface area contributed by atoms with Crippen LogP contribution in [-0.4, -0.2) is 51.0 Å².